The fourth-order valence-corrected chi connectivity index (χ4v) is 1.45. The lowest BCUT2D eigenvalue weighted by Gasteiger charge is -1.98. The van der Waals surface area contributed by atoms with Crippen LogP contribution in [-0.4, -0.2) is 14.8 Å². The van der Waals surface area contributed by atoms with Gasteiger partial charge < -0.3 is 10.1 Å². The van der Waals surface area contributed by atoms with Gasteiger partial charge in [0.2, 0.25) is 0 Å². The van der Waals surface area contributed by atoms with Crippen molar-refractivity contribution in [2.75, 3.05) is 0 Å². The second kappa shape index (κ2) is 3.54. The normalized spacial score (nSPS) is 10.2. The fraction of sp³-hybridized carbons (Fsp3) is 0. The topological polar surface area (TPSA) is 99.2 Å². The minimum absolute atomic E-state index is 0.217. The maximum atomic E-state index is 10.8. The van der Waals surface area contributed by atoms with Crippen LogP contribution in [0.4, 0.5) is 11.5 Å². The number of pyridine rings is 1. The Labute approximate surface area is 88.6 Å². The molecule has 0 N–H and O–H groups in total. The monoisotopic (exact) mass is 219 g/mol. The molecule has 7 heteroatoms. The molecule has 0 unspecified atom stereocenters. The lowest BCUT2D eigenvalue weighted by atomic mass is 10.1. The van der Waals surface area contributed by atoms with E-state index in [1.54, 1.807) is 18.2 Å². The quantitative estimate of drug-likeness (QED) is 0.568. The van der Waals surface area contributed by atoms with E-state index >= 15 is 0 Å². The largest absolute Gasteiger partial charge is 0.443 e. The first kappa shape index (κ1) is 9.97. The molecule has 0 saturated heterocycles. The van der Waals surface area contributed by atoms with Gasteiger partial charge in [0.05, 0.1) is 10.3 Å². The predicted molar refractivity (Wildman–Crippen MR) is 55.1 cm³/mol. The first-order chi connectivity index (χ1) is 7.61. The van der Waals surface area contributed by atoms with Crippen LogP contribution in [0.2, 0.25) is 0 Å². The summed E-state index contributed by atoms with van der Waals surface area (Å²) < 4.78 is 0. The summed E-state index contributed by atoms with van der Waals surface area (Å²) in [6.07, 6.45) is 1.25. The molecule has 0 spiro atoms. The van der Waals surface area contributed by atoms with Gasteiger partial charge in [0.15, 0.2) is 0 Å². The van der Waals surface area contributed by atoms with E-state index < -0.39 is 21.4 Å². The molecule has 0 atom stereocenters. The van der Waals surface area contributed by atoms with Crippen LogP contribution < -0.4 is 0 Å². The van der Waals surface area contributed by atoms with Crippen LogP contribution in [0, 0.1) is 20.2 Å². The van der Waals surface area contributed by atoms with Crippen molar-refractivity contribution < 1.29 is 9.85 Å². The molecule has 1 heterocycles. The minimum atomic E-state index is -0.857. The van der Waals surface area contributed by atoms with Gasteiger partial charge in [-0.3, -0.25) is 10.1 Å². The Morgan fingerprint density at radius 2 is 1.75 bits per heavy atom. The van der Waals surface area contributed by atoms with Gasteiger partial charge in [-0.2, -0.15) is 0 Å². The summed E-state index contributed by atoms with van der Waals surface area (Å²) in [7, 11) is 0. The summed E-state index contributed by atoms with van der Waals surface area (Å²) in [6.45, 7) is 0. The minimum Gasteiger partial charge on any atom is -0.358 e. The predicted octanol–water partition coefficient (Wildman–Crippen LogP) is 2.05. The van der Waals surface area contributed by atoms with Crippen molar-refractivity contribution in [3.05, 3.63) is 50.7 Å². The Morgan fingerprint density at radius 1 is 1.06 bits per heavy atom. The summed E-state index contributed by atoms with van der Waals surface area (Å²) in [5.74, 6) is -0.733. The van der Waals surface area contributed by atoms with Gasteiger partial charge in [-0.1, -0.05) is 18.2 Å². The molecule has 16 heavy (non-hydrogen) atoms. The van der Waals surface area contributed by atoms with Crippen LogP contribution in [0.5, 0.6) is 0 Å². The average molecular weight is 219 g/mol. The number of rotatable bonds is 2. The molecule has 7 nitrogen and oxygen atoms in total. The number of aromatic nitrogens is 1. The van der Waals surface area contributed by atoms with Crippen molar-refractivity contribution >= 4 is 22.3 Å². The zero-order chi connectivity index (χ0) is 11.7. The van der Waals surface area contributed by atoms with Gasteiger partial charge in [0.1, 0.15) is 6.20 Å². The van der Waals surface area contributed by atoms with Gasteiger partial charge in [-0.05, 0) is 16.0 Å². The highest BCUT2D eigenvalue weighted by Crippen LogP contribution is 2.32. The maximum absolute atomic E-state index is 10.8. The van der Waals surface area contributed by atoms with Crippen LogP contribution in [0.15, 0.2) is 30.5 Å². The molecular formula is C9H5N3O4. The zero-order valence-electron chi connectivity index (χ0n) is 7.86. The van der Waals surface area contributed by atoms with E-state index in [1.807, 2.05) is 0 Å². The van der Waals surface area contributed by atoms with E-state index in [0.717, 1.165) is 0 Å². The first-order valence-electron chi connectivity index (χ1n) is 4.28. The highest BCUT2D eigenvalue weighted by atomic mass is 16.6. The maximum Gasteiger partial charge on any atom is 0.443 e. The summed E-state index contributed by atoms with van der Waals surface area (Å²) in [4.78, 5) is 23.3. The summed E-state index contributed by atoms with van der Waals surface area (Å²) >= 11 is 0. The summed E-state index contributed by atoms with van der Waals surface area (Å²) in [6, 6.07) is 6.33. The van der Waals surface area contributed by atoms with E-state index in [1.165, 1.54) is 12.3 Å². The molecule has 1 aromatic carbocycles. The van der Waals surface area contributed by atoms with Crippen LogP contribution in [0.1, 0.15) is 0 Å². The van der Waals surface area contributed by atoms with E-state index in [2.05, 4.69) is 4.98 Å². The van der Waals surface area contributed by atoms with Crippen LogP contribution in [0.25, 0.3) is 10.8 Å². The van der Waals surface area contributed by atoms with Gasteiger partial charge >= 0.3 is 11.5 Å². The van der Waals surface area contributed by atoms with Crippen LogP contribution in [-0.2, 0) is 0 Å². The van der Waals surface area contributed by atoms with Crippen molar-refractivity contribution in [3.63, 3.8) is 0 Å². The molecule has 2 aromatic rings. The standard InChI is InChI=1S/C9H5N3O4/c13-11(14)8-7-4-2-1-3-6(7)5-10-9(8)12(15)16/h1-5H. The molecular weight excluding hydrogens is 214 g/mol. The van der Waals surface area contributed by atoms with E-state index in [9.17, 15) is 20.2 Å². The second-order valence-electron chi connectivity index (χ2n) is 3.03. The third kappa shape index (κ3) is 1.44. The third-order valence-corrected chi connectivity index (χ3v) is 2.11. The molecule has 0 aliphatic rings. The fourth-order valence-electron chi connectivity index (χ4n) is 1.45. The Hall–Kier alpha value is -2.57. The van der Waals surface area contributed by atoms with Crippen molar-refractivity contribution in [3.8, 4) is 0 Å². The van der Waals surface area contributed by atoms with Crippen LogP contribution in [0.3, 0.4) is 0 Å². The molecule has 0 amide bonds. The van der Waals surface area contributed by atoms with Gasteiger partial charge in [0, 0.05) is 5.39 Å². The smallest absolute Gasteiger partial charge is 0.358 e. The molecule has 0 aliphatic carbocycles. The number of nitro groups is 2. The Kier molecular flexibility index (Phi) is 2.20. The van der Waals surface area contributed by atoms with Gasteiger partial charge in [-0.15, -0.1) is 0 Å². The zero-order valence-corrected chi connectivity index (χ0v) is 7.86. The van der Waals surface area contributed by atoms with Crippen molar-refractivity contribution in [2.24, 2.45) is 0 Å². The Morgan fingerprint density at radius 3 is 2.38 bits per heavy atom. The third-order valence-electron chi connectivity index (χ3n) is 2.11. The lowest BCUT2D eigenvalue weighted by Crippen LogP contribution is -1.99. The highest BCUT2D eigenvalue weighted by molar-refractivity contribution is 5.93. The molecule has 0 saturated carbocycles. The molecule has 0 fully saturated rings. The molecule has 2 rings (SSSR count). The van der Waals surface area contributed by atoms with E-state index in [0.29, 0.717) is 5.39 Å². The summed E-state index contributed by atoms with van der Waals surface area (Å²) in [5.41, 5.74) is -0.567. The SMILES string of the molecule is O=[N+]([O-])c1ncc2ccccc2c1[N+](=O)[O-]. The lowest BCUT2D eigenvalue weighted by molar-refractivity contribution is -0.424. The molecule has 0 bridgehead atoms. The molecule has 0 aliphatic heterocycles. The number of hydrogen-bond acceptors (Lipinski definition) is 5. The highest BCUT2D eigenvalue weighted by Gasteiger charge is 2.28. The Balaban J connectivity index is 2.90. The molecule has 1 aromatic heterocycles. The number of fused-ring (bicyclic) bond motifs is 1. The second-order valence-corrected chi connectivity index (χ2v) is 3.03. The van der Waals surface area contributed by atoms with E-state index in [4.69, 9.17) is 0 Å². The average Bonchev–Trinajstić information content (AvgIpc) is 2.27. The Bertz CT molecular complexity index is 596. The number of benzene rings is 1. The molecule has 80 valence electrons. The summed E-state index contributed by atoms with van der Waals surface area (Å²) in [5, 5.41) is 22.1. The van der Waals surface area contributed by atoms with E-state index in [-0.39, 0.29) is 5.39 Å². The number of nitrogens with zero attached hydrogens (tertiary/aromatic N) is 3. The van der Waals surface area contributed by atoms with Crippen molar-refractivity contribution in [2.45, 2.75) is 0 Å². The van der Waals surface area contributed by atoms with Crippen molar-refractivity contribution in [1.82, 2.24) is 4.98 Å². The van der Waals surface area contributed by atoms with Gasteiger partial charge in [-0.25, -0.2) is 0 Å². The van der Waals surface area contributed by atoms with Crippen molar-refractivity contribution in [1.29, 1.82) is 0 Å². The first-order valence-corrected chi connectivity index (χ1v) is 4.28. The molecule has 0 radical (unpaired) electrons. The van der Waals surface area contributed by atoms with Crippen LogP contribution >= 0.6 is 0 Å². The number of hydrogen-bond donors (Lipinski definition) is 0. The van der Waals surface area contributed by atoms with Gasteiger partial charge in [0.25, 0.3) is 0 Å².